The predicted molar refractivity (Wildman–Crippen MR) is 104 cm³/mol. The normalized spacial score (nSPS) is 19.1. The van der Waals surface area contributed by atoms with Crippen molar-refractivity contribution in [1.29, 1.82) is 0 Å². The van der Waals surface area contributed by atoms with Gasteiger partial charge in [0.15, 0.2) is 0 Å². The van der Waals surface area contributed by atoms with Gasteiger partial charge < -0.3 is 15.5 Å². The number of hydrogen-bond donors (Lipinski definition) is 2. The van der Waals surface area contributed by atoms with Crippen LogP contribution in [0.4, 0.5) is 5.69 Å². The van der Waals surface area contributed by atoms with Crippen LogP contribution in [0.1, 0.15) is 30.9 Å². The molecular weight excluding hydrogens is 342 g/mol. The van der Waals surface area contributed by atoms with Gasteiger partial charge >= 0.3 is 0 Å². The predicted octanol–water partition coefficient (Wildman–Crippen LogP) is 1.73. The molecule has 3 rings (SSSR count). The molecule has 1 saturated heterocycles. The summed E-state index contributed by atoms with van der Waals surface area (Å²) in [6, 6.07) is 7.67. The third-order valence-electron chi connectivity index (χ3n) is 5.17. The van der Waals surface area contributed by atoms with Crippen LogP contribution in [0.2, 0.25) is 0 Å². The summed E-state index contributed by atoms with van der Waals surface area (Å²) >= 11 is 0. The molecular formula is C20H27N5O2. The minimum Gasteiger partial charge on any atom is -0.339 e. The molecule has 2 atom stereocenters. The highest BCUT2D eigenvalue weighted by atomic mass is 16.2. The zero-order chi connectivity index (χ0) is 19.4. The molecule has 1 aliphatic rings. The molecule has 2 heterocycles. The molecule has 0 unspecified atom stereocenters. The second-order valence-electron chi connectivity index (χ2n) is 7.00. The standard InChI is InChI=1S/C20H27N5O2/c1-4-25(14(2)26)13-15-7-5-6-8-19(15)23-20(27)18-11-21-10-17(18)16-9-22-24(3)12-16/h5-9,12,17-18,21H,4,10-11,13H2,1-3H3,(H,23,27)/t17-,18+/m1/s1. The van der Waals surface area contributed by atoms with Gasteiger partial charge in [-0.25, -0.2) is 0 Å². The van der Waals surface area contributed by atoms with Crippen LogP contribution in [0.25, 0.3) is 0 Å². The molecule has 2 N–H and O–H groups in total. The van der Waals surface area contributed by atoms with E-state index in [9.17, 15) is 9.59 Å². The van der Waals surface area contributed by atoms with Crippen LogP contribution in [0, 0.1) is 5.92 Å². The fraction of sp³-hybridized carbons (Fsp3) is 0.450. The van der Waals surface area contributed by atoms with Gasteiger partial charge in [0.2, 0.25) is 11.8 Å². The van der Waals surface area contributed by atoms with Gasteiger partial charge in [0.05, 0.1) is 12.1 Å². The van der Waals surface area contributed by atoms with E-state index in [0.717, 1.165) is 23.4 Å². The number of nitrogens with one attached hydrogen (secondary N) is 2. The quantitative estimate of drug-likeness (QED) is 0.813. The highest BCUT2D eigenvalue weighted by Crippen LogP contribution is 2.29. The van der Waals surface area contributed by atoms with Gasteiger partial charge in [-0.1, -0.05) is 18.2 Å². The van der Waals surface area contributed by atoms with Crippen LogP contribution >= 0.6 is 0 Å². The molecule has 7 heteroatoms. The zero-order valence-corrected chi connectivity index (χ0v) is 16.1. The van der Waals surface area contributed by atoms with Crippen LogP contribution in [0.3, 0.4) is 0 Å². The average molecular weight is 369 g/mol. The first-order chi connectivity index (χ1) is 13.0. The van der Waals surface area contributed by atoms with Crippen molar-refractivity contribution < 1.29 is 9.59 Å². The first-order valence-corrected chi connectivity index (χ1v) is 9.33. The number of rotatable bonds is 6. The third kappa shape index (κ3) is 4.36. The minimum absolute atomic E-state index is 0.00724. The van der Waals surface area contributed by atoms with E-state index in [4.69, 9.17) is 0 Å². The second kappa shape index (κ2) is 8.35. The fourth-order valence-corrected chi connectivity index (χ4v) is 3.59. The summed E-state index contributed by atoms with van der Waals surface area (Å²) in [7, 11) is 1.88. The number of anilines is 1. The van der Waals surface area contributed by atoms with Crippen LogP contribution in [-0.2, 0) is 23.2 Å². The monoisotopic (exact) mass is 369 g/mol. The topological polar surface area (TPSA) is 79.3 Å². The molecule has 144 valence electrons. The SMILES string of the molecule is CCN(Cc1ccccc1NC(=O)[C@H]1CNC[C@@H]1c1cnn(C)c1)C(C)=O. The number of carbonyl (C=O) groups excluding carboxylic acids is 2. The Balaban J connectivity index is 1.75. The molecule has 27 heavy (non-hydrogen) atoms. The number of carbonyl (C=O) groups is 2. The van der Waals surface area contributed by atoms with Crippen molar-refractivity contribution in [1.82, 2.24) is 20.0 Å². The van der Waals surface area contributed by atoms with Gasteiger partial charge in [-0.15, -0.1) is 0 Å². The van der Waals surface area contributed by atoms with Crippen molar-refractivity contribution in [2.45, 2.75) is 26.3 Å². The number of para-hydroxylation sites is 1. The first kappa shape index (κ1) is 19.1. The van der Waals surface area contributed by atoms with Gasteiger partial charge in [0.1, 0.15) is 0 Å². The van der Waals surface area contributed by atoms with Crippen molar-refractivity contribution in [3.63, 3.8) is 0 Å². The molecule has 1 aromatic heterocycles. The first-order valence-electron chi connectivity index (χ1n) is 9.33. The summed E-state index contributed by atoms with van der Waals surface area (Å²) in [4.78, 5) is 26.5. The molecule has 7 nitrogen and oxygen atoms in total. The Kier molecular flexibility index (Phi) is 5.91. The van der Waals surface area contributed by atoms with Crippen molar-refractivity contribution in [3.05, 3.63) is 47.8 Å². The van der Waals surface area contributed by atoms with Gasteiger partial charge in [-0.05, 0) is 24.1 Å². The van der Waals surface area contributed by atoms with Crippen LogP contribution in [-0.4, -0.2) is 46.1 Å². The second-order valence-corrected chi connectivity index (χ2v) is 7.00. The highest BCUT2D eigenvalue weighted by molar-refractivity contribution is 5.94. The Morgan fingerprint density at radius 3 is 2.78 bits per heavy atom. The van der Waals surface area contributed by atoms with E-state index < -0.39 is 0 Å². The third-order valence-corrected chi connectivity index (χ3v) is 5.17. The number of amides is 2. The van der Waals surface area contributed by atoms with Crippen LogP contribution < -0.4 is 10.6 Å². The fourth-order valence-electron chi connectivity index (χ4n) is 3.59. The van der Waals surface area contributed by atoms with Gasteiger partial charge in [-0.2, -0.15) is 5.10 Å². The summed E-state index contributed by atoms with van der Waals surface area (Å²) < 4.78 is 1.76. The molecule has 0 saturated carbocycles. The molecule has 2 amide bonds. The molecule has 1 fully saturated rings. The van der Waals surface area contributed by atoms with E-state index in [1.807, 2.05) is 50.6 Å². The number of aromatic nitrogens is 2. The Hall–Kier alpha value is -2.67. The van der Waals surface area contributed by atoms with E-state index in [2.05, 4.69) is 15.7 Å². The largest absolute Gasteiger partial charge is 0.339 e. The van der Waals surface area contributed by atoms with E-state index in [1.165, 1.54) is 0 Å². The summed E-state index contributed by atoms with van der Waals surface area (Å²) in [6.45, 7) is 6.03. The van der Waals surface area contributed by atoms with Crippen LogP contribution in [0.5, 0.6) is 0 Å². The van der Waals surface area contributed by atoms with E-state index in [0.29, 0.717) is 19.6 Å². The maximum atomic E-state index is 13.0. The van der Waals surface area contributed by atoms with E-state index in [1.54, 1.807) is 16.5 Å². The average Bonchev–Trinajstić information content (AvgIpc) is 3.29. The maximum Gasteiger partial charge on any atom is 0.229 e. The summed E-state index contributed by atoms with van der Waals surface area (Å²) in [5.74, 6) is -0.0324. The molecule has 2 aromatic rings. The summed E-state index contributed by atoms with van der Waals surface area (Å²) in [6.07, 6.45) is 3.80. The summed E-state index contributed by atoms with van der Waals surface area (Å²) in [5.41, 5.74) is 2.77. The lowest BCUT2D eigenvalue weighted by molar-refractivity contribution is -0.129. The zero-order valence-electron chi connectivity index (χ0n) is 16.1. The minimum atomic E-state index is -0.155. The van der Waals surface area contributed by atoms with E-state index >= 15 is 0 Å². The number of benzene rings is 1. The molecule has 0 aliphatic carbocycles. The lowest BCUT2D eigenvalue weighted by Crippen LogP contribution is -2.30. The number of aryl methyl sites for hydroxylation is 1. The van der Waals surface area contributed by atoms with Crippen molar-refractivity contribution >= 4 is 17.5 Å². The number of nitrogens with zero attached hydrogens (tertiary/aromatic N) is 3. The molecule has 1 aromatic carbocycles. The molecule has 0 bridgehead atoms. The van der Waals surface area contributed by atoms with E-state index in [-0.39, 0.29) is 23.7 Å². The molecule has 1 aliphatic heterocycles. The maximum absolute atomic E-state index is 13.0. The highest BCUT2D eigenvalue weighted by Gasteiger charge is 2.35. The smallest absolute Gasteiger partial charge is 0.229 e. The Labute approximate surface area is 159 Å². The molecule has 0 radical (unpaired) electrons. The Bertz CT molecular complexity index is 816. The number of hydrogen-bond acceptors (Lipinski definition) is 4. The Morgan fingerprint density at radius 2 is 2.11 bits per heavy atom. The van der Waals surface area contributed by atoms with Gasteiger partial charge in [0, 0.05) is 58.0 Å². The molecule has 0 spiro atoms. The van der Waals surface area contributed by atoms with Crippen LogP contribution in [0.15, 0.2) is 36.7 Å². The van der Waals surface area contributed by atoms with Crippen molar-refractivity contribution in [3.8, 4) is 0 Å². The van der Waals surface area contributed by atoms with Crippen molar-refractivity contribution in [2.75, 3.05) is 25.0 Å². The summed E-state index contributed by atoms with van der Waals surface area (Å²) in [5, 5.41) is 10.6. The van der Waals surface area contributed by atoms with Crippen molar-refractivity contribution in [2.24, 2.45) is 13.0 Å². The van der Waals surface area contributed by atoms with Gasteiger partial charge in [0.25, 0.3) is 0 Å². The van der Waals surface area contributed by atoms with Gasteiger partial charge in [-0.3, -0.25) is 14.3 Å². The Morgan fingerprint density at radius 1 is 1.33 bits per heavy atom. The lowest BCUT2D eigenvalue weighted by atomic mass is 9.90. The lowest BCUT2D eigenvalue weighted by Gasteiger charge is -2.22.